The van der Waals surface area contributed by atoms with Crippen molar-refractivity contribution in [2.45, 2.75) is 57.4 Å². The lowest BCUT2D eigenvalue weighted by molar-refractivity contribution is -0.124. The summed E-state index contributed by atoms with van der Waals surface area (Å²) in [4.78, 5) is 12.7. The molecule has 3 rings (SSSR count). The van der Waals surface area contributed by atoms with Gasteiger partial charge in [-0.1, -0.05) is 50.1 Å². The van der Waals surface area contributed by atoms with Gasteiger partial charge in [-0.25, -0.2) is 0 Å². The highest BCUT2D eigenvalue weighted by Gasteiger charge is 2.37. The van der Waals surface area contributed by atoms with E-state index in [-0.39, 0.29) is 23.9 Å². The molecular weight excluding hydrogens is 320 g/mol. The zero-order valence-electron chi connectivity index (χ0n) is 14.7. The molecule has 1 saturated carbocycles. The van der Waals surface area contributed by atoms with Crippen molar-refractivity contribution in [3.8, 4) is 0 Å². The molecule has 0 spiro atoms. The molecule has 0 bridgehead atoms. The minimum absolute atomic E-state index is 0. The van der Waals surface area contributed by atoms with Crippen LogP contribution in [-0.4, -0.2) is 19.0 Å². The molecule has 1 aromatic carbocycles. The fourth-order valence-corrected chi connectivity index (χ4v) is 4.41. The average molecular weight is 351 g/mol. The maximum Gasteiger partial charge on any atom is 0.220 e. The number of piperidine rings is 1. The van der Waals surface area contributed by atoms with Crippen molar-refractivity contribution in [1.29, 1.82) is 0 Å². The van der Waals surface area contributed by atoms with Crippen molar-refractivity contribution in [2.24, 2.45) is 11.8 Å². The first kappa shape index (κ1) is 19.3. The Hall–Kier alpha value is -1.06. The molecule has 0 aromatic heterocycles. The lowest BCUT2D eigenvalue weighted by Gasteiger charge is -2.33. The molecular formula is C20H31ClN2O. The topological polar surface area (TPSA) is 41.1 Å². The maximum atomic E-state index is 12.7. The molecule has 4 heteroatoms. The predicted octanol–water partition coefficient (Wildman–Crippen LogP) is 4.02. The molecule has 1 atom stereocenters. The monoisotopic (exact) mass is 350 g/mol. The van der Waals surface area contributed by atoms with E-state index in [0.29, 0.717) is 18.3 Å². The number of hydrogen-bond donors (Lipinski definition) is 2. The highest BCUT2D eigenvalue weighted by Crippen LogP contribution is 2.39. The molecule has 2 aliphatic rings. The van der Waals surface area contributed by atoms with Gasteiger partial charge in [0, 0.05) is 6.42 Å². The summed E-state index contributed by atoms with van der Waals surface area (Å²) >= 11 is 0. The fourth-order valence-electron chi connectivity index (χ4n) is 4.41. The van der Waals surface area contributed by atoms with Crippen LogP contribution in [0.4, 0.5) is 0 Å². The number of amides is 1. The Bertz CT molecular complexity index is 508. The zero-order valence-corrected chi connectivity index (χ0v) is 15.5. The summed E-state index contributed by atoms with van der Waals surface area (Å²) < 4.78 is 0. The maximum absolute atomic E-state index is 12.7. The minimum atomic E-state index is -0.119. The zero-order chi connectivity index (χ0) is 16.1. The third-order valence-electron chi connectivity index (χ3n) is 5.86. The molecule has 1 heterocycles. The molecule has 1 unspecified atom stereocenters. The van der Waals surface area contributed by atoms with Gasteiger partial charge in [-0.05, 0) is 56.2 Å². The lowest BCUT2D eigenvalue weighted by atomic mass is 9.83. The highest BCUT2D eigenvalue weighted by molar-refractivity contribution is 5.85. The molecule has 0 radical (unpaired) electrons. The van der Waals surface area contributed by atoms with Crippen molar-refractivity contribution in [2.75, 3.05) is 13.1 Å². The van der Waals surface area contributed by atoms with Gasteiger partial charge in [0.15, 0.2) is 0 Å². The number of nitrogens with one attached hydrogen (secondary N) is 2. The van der Waals surface area contributed by atoms with E-state index in [2.05, 4.69) is 41.8 Å². The van der Waals surface area contributed by atoms with E-state index >= 15 is 0 Å². The molecule has 1 aliphatic heterocycles. The van der Waals surface area contributed by atoms with Crippen LogP contribution >= 0.6 is 12.4 Å². The van der Waals surface area contributed by atoms with Gasteiger partial charge in [-0.3, -0.25) is 4.79 Å². The van der Waals surface area contributed by atoms with Gasteiger partial charge in [0.25, 0.3) is 0 Å². The summed E-state index contributed by atoms with van der Waals surface area (Å²) in [6.45, 7) is 4.45. The van der Waals surface area contributed by atoms with Crippen LogP contribution in [0.15, 0.2) is 30.3 Å². The van der Waals surface area contributed by atoms with Crippen LogP contribution < -0.4 is 10.6 Å². The van der Waals surface area contributed by atoms with Gasteiger partial charge in [-0.2, -0.15) is 0 Å². The van der Waals surface area contributed by atoms with Crippen LogP contribution in [0.2, 0.25) is 0 Å². The van der Waals surface area contributed by atoms with Crippen molar-refractivity contribution < 1.29 is 4.79 Å². The van der Waals surface area contributed by atoms with Crippen molar-refractivity contribution in [3.63, 3.8) is 0 Å². The van der Waals surface area contributed by atoms with Crippen LogP contribution in [0.3, 0.4) is 0 Å². The summed E-state index contributed by atoms with van der Waals surface area (Å²) in [6.07, 6.45) is 7.64. The molecule has 24 heavy (non-hydrogen) atoms. The van der Waals surface area contributed by atoms with Gasteiger partial charge < -0.3 is 10.6 Å². The standard InChI is InChI=1S/C20H30N2O.ClH/c1-16(17-9-13-21-14-10-17)15-19(23)22-20(11-5-6-12-20)18-7-3-2-4-8-18;/h2-4,7-8,16-17,21H,5-6,9-15H2,1H3,(H,22,23);1H. The van der Waals surface area contributed by atoms with Gasteiger partial charge in [-0.15, -0.1) is 12.4 Å². The van der Waals surface area contributed by atoms with Crippen LogP contribution in [-0.2, 0) is 10.3 Å². The first-order valence-electron chi connectivity index (χ1n) is 9.27. The first-order chi connectivity index (χ1) is 11.2. The van der Waals surface area contributed by atoms with E-state index in [4.69, 9.17) is 0 Å². The van der Waals surface area contributed by atoms with E-state index in [1.54, 1.807) is 0 Å². The molecule has 3 nitrogen and oxygen atoms in total. The Morgan fingerprint density at radius 2 is 1.83 bits per heavy atom. The molecule has 1 aliphatic carbocycles. The SMILES string of the molecule is CC(CC(=O)NC1(c2ccccc2)CCCC1)C1CCNCC1.Cl. The Kier molecular flexibility index (Phi) is 7.12. The van der Waals surface area contributed by atoms with Crippen LogP contribution in [0.1, 0.15) is 57.4 Å². The number of halogens is 1. The van der Waals surface area contributed by atoms with Gasteiger partial charge in [0.1, 0.15) is 0 Å². The second kappa shape index (κ2) is 8.87. The van der Waals surface area contributed by atoms with Crippen LogP contribution in [0.25, 0.3) is 0 Å². The summed E-state index contributed by atoms with van der Waals surface area (Å²) in [5, 5.41) is 6.83. The fraction of sp³-hybridized carbons (Fsp3) is 0.650. The molecule has 134 valence electrons. The summed E-state index contributed by atoms with van der Waals surface area (Å²) in [5.41, 5.74) is 1.16. The van der Waals surface area contributed by atoms with E-state index in [9.17, 15) is 4.79 Å². The molecule has 1 amide bonds. The Labute approximate surface area is 152 Å². The number of rotatable bonds is 5. The van der Waals surface area contributed by atoms with Gasteiger partial charge in [0.05, 0.1) is 5.54 Å². The average Bonchev–Trinajstić information content (AvgIpc) is 3.06. The number of carbonyl (C=O) groups is 1. The Morgan fingerprint density at radius 3 is 2.46 bits per heavy atom. The lowest BCUT2D eigenvalue weighted by Crippen LogP contribution is -2.44. The second-order valence-corrected chi connectivity index (χ2v) is 7.47. The normalized spacial score (nSPS) is 21.7. The van der Waals surface area contributed by atoms with Gasteiger partial charge in [0.2, 0.25) is 5.91 Å². The summed E-state index contributed by atoms with van der Waals surface area (Å²) in [7, 11) is 0. The van der Waals surface area contributed by atoms with Crippen molar-refractivity contribution in [1.82, 2.24) is 10.6 Å². The second-order valence-electron chi connectivity index (χ2n) is 7.47. The molecule has 2 N–H and O–H groups in total. The Balaban J connectivity index is 0.00000208. The smallest absolute Gasteiger partial charge is 0.220 e. The predicted molar refractivity (Wildman–Crippen MR) is 101 cm³/mol. The Morgan fingerprint density at radius 1 is 1.21 bits per heavy atom. The van der Waals surface area contributed by atoms with Gasteiger partial charge >= 0.3 is 0 Å². The summed E-state index contributed by atoms with van der Waals surface area (Å²) in [5.74, 6) is 1.41. The molecule has 2 fully saturated rings. The van der Waals surface area contributed by atoms with Crippen molar-refractivity contribution in [3.05, 3.63) is 35.9 Å². The number of carbonyl (C=O) groups excluding carboxylic acids is 1. The van der Waals surface area contributed by atoms with Crippen molar-refractivity contribution >= 4 is 18.3 Å². The molecule has 1 saturated heterocycles. The third-order valence-corrected chi connectivity index (χ3v) is 5.86. The summed E-state index contributed by atoms with van der Waals surface area (Å²) in [6, 6.07) is 10.6. The minimum Gasteiger partial charge on any atom is -0.347 e. The van der Waals surface area contributed by atoms with E-state index in [1.165, 1.54) is 31.2 Å². The van der Waals surface area contributed by atoms with Crippen LogP contribution in [0.5, 0.6) is 0 Å². The van der Waals surface area contributed by atoms with Crippen LogP contribution in [0, 0.1) is 11.8 Å². The first-order valence-corrected chi connectivity index (χ1v) is 9.27. The third kappa shape index (κ3) is 4.52. The quantitative estimate of drug-likeness (QED) is 0.842. The number of hydrogen-bond acceptors (Lipinski definition) is 2. The highest BCUT2D eigenvalue weighted by atomic mass is 35.5. The van der Waals surface area contributed by atoms with E-state index in [0.717, 1.165) is 25.9 Å². The van der Waals surface area contributed by atoms with E-state index < -0.39 is 0 Å². The number of benzene rings is 1. The largest absolute Gasteiger partial charge is 0.347 e. The molecule has 1 aromatic rings. The van der Waals surface area contributed by atoms with E-state index in [1.807, 2.05) is 6.07 Å².